The minimum absolute atomic E-state index is 0.0294. The maximum absolute atomic E-state index is 12.9. The van der Waals surface area contributed by atoms with E-state index in [0.29, 0.717) is 17.4 Å². The number of allylic oxidation sites excluding steroid dienone is 18. The molecule has 9 nitrogen and oxygen atoms in total. The first-order valence-electron chi connectivity index (χ1n) is 36.6. The van der Waals surface area contributed by atoms with Gasteiger partial charge in [-0.1, -0.05) is 316 Å². The second-order valence-corrected chi connectivity index (χ2v) is 27.0. The van der Waals surface area contributed by atoms with Crippen LogP contribution in [0.2, 0.25) is 0 Å². The summed E-state index contributed by atoms with van der Waals surface area (Å²) in [5, 5.41) is 0. The van der Waals surface area contributed by atoms with Gasteiger partial charge in [-0.2, -0.15) is 0 Å². The summed E-state index contributed by atoms with van der Waals surface area (Å²) in [7, 11) is 1.48. The van der Waals surface area contributed by atoms with E-state index in [9.17, 15) is 19.0 Å². The van der Waals surface area contributed by atoms with Gasteiger partial charge in [0.25, 0.3) is 0 Å². The normalized spacial score (nSPS) is 13.8. The van der Waals surface area contributed by atoms with Gasteiger partial charge in [-0.15, -0.1) is 0 Å². The van der Waals surface area contributed by atoms with Crippen LogP contribution in [-0.2, 0) is 32.7 Å². The van der Waals surface area contributed by atoms with Crippen molar-refractivity contribution in [1.82, 2.24) is 0 Å². The number of hydrogen-bond donors (Lipinski definition) is 1. The predicted octanol–water partition coefficient (Wildman–Crippen LogP) is 24.1. The summed E-state index contributed by atoms with van der Waals surface area (Å²) >= 11 is 0. The molecule has 508 valence electrons. The maximum Gasteiger partial charge on any atom is 0.472 e. The average molecular weight is 1250 g/mol. The van der Waals surface area contributed by atoms with Crippen molar-refractivity contribution < 1.29 is 42.1 Å². The second-order valence-electron chi connectivity index (χ2n) is 25.6. The van der Waals surface area contributed by atoms with Gasteiger partial charge in [0.15, 0.2) is 6.10 Å². The zero-order chi connectivity index (χ0) is 64.1. The molecule has 0 fully saturated rings. The Bertz CT molecular complexity index is 1850. The van der Waals surface area contributed by atoms with E-state index < -0.39 is 26.5 Å². The van der Waals surface area contributed by atoms with Gasteiger partial charge < -0.3 is 18.9 Å². The molecule has 0 bridgehead atoms. The van der Waals surface area contributed by atoms with Gasteiger partial charge in [-0.05, 0) is 103 Å². The van der Waals surface area contributed by atoms with Gasteiger partial charge in [0.1, 0.15) is 19.8 Å². The van der Waals surface area contributed by atoms with E-state index in [-0.39, 0.29) is 32.0 Å². The maximum atomic E-state index is 12.9. The van der Waals surface area contributed by atoms with Crippen molar-refractivity contribution in [1.29, 1.82) is 0 Å². The topological polar surface area (TPSA) is 108 Å². The molecule has 0 aliphatic heterocycles. The van der Waals surface area contributed by atoms with E-state index in [4.69, 9.17) is 18.5 Å². The van der Waals surface area contributed by atoms with Crippen LogP contribution in [0.3, 0.4) is 0 Å². The summed E-state index contributed by atoms with van der Waals surface area (Å²) in [6, 6.07) is 0. The summed E-state index contributed by atoms with van der Waals surface area (Å²) in [4.78, 5) is 35.9. The van der Waals surface area contributed by atoms with Crippen molar-refractivity contribution in [3.63, 3.8) is 0 Å². The Hall–Kier alpha value is -3.33. The fourth-order valence-corrected chi connectivity index (χ4v) is 10.9. The molecular weight excluding hydrogens is 1110 g/mol. The molecule has 0 radical (unpaired) electrons. The highest BCUT2D eigenvalue weighted by molar-refractivity contribution is 7.47. The van der Waals surface area contributed by atoms with E-state index in [2.05, 4.69) is 123 Å². The van der Waals surface area contributed by atoms with E-state index >= 15 is 0 Å². The van der Waals surface area contributed by atoms with Gasteiger partial charge in [-0.25, -0.2) is 4.57 Å². The van der Waals surface area contributed by atoms with Crippen molar-refractivity contribution in [3.05, 3.63) is 109 Å². The number of phosphoric acid groups is 1. The lowest BCUT2D eigenvalue weighted by molar-refractivity contribution is -0.870. The third-order valence-electron chi connectivity index (χ3n) is 15.8. The van der Waals surface area contributed by atoms with Crippen LogP contribution in [0.4, 0.5) is 0 Å². The number of carbonyl (C=O) groups is 2. The van der Waals surface area contributed by atoms with E-state index in [1.807, 2.05) is 21.1 Å². The van der Waals surface area contributed by atoms with E-state index in [1.54, 1.807) is 0 Å². The molecule has 0 aliphatic carbocycles. The minimum atomic E-state index is -4.40. The Balaban J connectivity index is 4.02. The number of esters is 2. The van der Waals surface area contributed by atoms with Crippen LogP contribution in [0.25, 0.3) is 0 Å². The number of phosphoric ester groups is 1. The average Bonchev–Trinajstić information content (AvgIpc) is 3.68. The van der Waals surface area contributed by atoms with Crippen molar-refractivity contribution in [3.8, 4) is 0 Å². The van der Waals surface area contributed by atoms with Gasteiger partial charge in [0.2, 0.25) is 0 Å². The fourth-order valence-electron chi connectivity index (χ4n) is 10.2. The quantitative estimate of drug-likeness (QED) is 0.0211. The Kier molecular flexibility index (Phi) is 65.5. The minimum Gasteiger partial charge on any atom is -0.462 e. The highest BCUT2D eigenvalue weighted by atomic mass is 31.2. The molecule has 0 aromatic rings. The highest BCUT2D eigenvalue weighted by Crippen LogP contribution is 2.43. The van der Waals surface area contributed by atoms with E-state index in [1.165, 1.54) is 199 Å². The Labute approximate surface area is 544 Å². The first kappa shape index (κ1) is 84.7. The molecule has 0 aromatic heterocycles. The van der Waals surface area contributed by atoms with Crippen molar-refractivity contribution >= 4 is 19.8 Å². The number of nitrogens with zero attached hydrogens (tertiary/aromatic N) is 1. The first-order valence-corrected chi connectivity index (χ1v) is 38.1. The van der Waals surface area contributed by atoms with Crippen LogP contribution in [0.1, 0.15) is 322 Å². The van der Waals surface area contributed by atoms with Crippen LogP contribution in [0.5, 0.6) is 0 Å². The van der Waals surface area contributed by atoms with Crippen LogP contribution in [0.15, 0.2) is 109 Å². The number of likely N-dealkylation sites (N-methyl/N-ethyl adjacent to an activating group) is 1. The Morgan fingerprint density at radius 1 is 0.364 bits per heavy atom. The standard InChI is InChI=1S/C78H138NO8P/c1-6-8-10-12-14-16-18-20-22-24-26-28-30-32-34-35-36-37-38-39-40-41-42-43-45-47-49-51-53-55-57-59-61-63-65-67-69-71-78(81)87-76(75-86-88(82,83)85-73-72-79(3,4)5)74-84-77(80)70-68-66-64-62-60-58-56-54-52-50-48-46-44-33-31-29-27-25-23-21-19-17-15-13-11-9-7-2/h8,10,14,16,19-22,25-28,32,34,36-37,39-40,76H,6-7,9,11-13,15,17-18,23-24,29-31,33,35,38,41-75H2,1-5H3/p+1/b10-8-,16-14-,21-19-,22-20-,27-25-,28-26-,34-32-,37-36-,40-39-. The molecule has 0 aromatic carbocycles. The number of carbonyl (C=O) groups excluding carboxylic acids is 2. The third kappa shape index (κ3) is 71.7. The molecule has 0 heterocycles. The van der Waals surface area contributed by atoms with E-state index in [0.717, 1.165) is 89.9 Å². The molecule has 2 unspecified atom stereocenters. The third-order valence-corrected chi connectivity index (χ3v) is 16.8. The molecule has 0 amide bonds. The monoisotopic (exact) mass is 1250 g/mol. The smallest absolute Gasteiger partial charge is 0.462 e. The molecular formula is C78H139NO8P+. The lowest BCUT2D eigenvalue weighted by Crippen LogP contribution is -2.37. The predicted molar refractivity (Wildman–Crippen MR) is 381 cm³/mol. The van der Waals surface area contributed by atoms with Gasteiger partial charge in [0, 0.05) is 12.8 Å². The van der Waals surface area contributed by atoms with Crippen LogP contribution in [0, 0.1) is 0 Å². The summed E-state index contributed by atoms with van der Waals surface area (Å²) in [5.41, 5.74) is 0. The lowest BCUT2D eigenvalue weighted by Gasteiger charge is -2.24. The molecule has 2 atom stereocenters. The highest BCUT2D eigenvalue weighted by Gasteiger charge is 2.27. The number of hydrogen-bond acceptors (Lipinski definition) is 7. The molecule has 10 heteroatoms. The lowest BCUT2D eigenvalue weighted by atomic mass is 10.0. The molecule has 0 saturated carbocycles. The van der Waals surface area contributed by atoms with Crippen LogP contribution >= 0.6 is 7.82 Å². The van der Waals surface area contributed by atoms with Crippen molar-refractivity contribution in [2.75, 3.05) is 47.5 Å². The Morgan fingerprint density at radius 3 is 0.966 bits per heavy atom. The van der Waals surface area contributed by atoms with Gasteiger partial charge >= 0.3 is 19.8 Å². The first-order chi connectivity index (χ1) is 43.0. The van der Waals surface area contributed by atoms with Gasteiger partial charge in [0.05, 0.1) is 27.7 Å². The molecule has 0 saturated heterocycles. The van der Waals surface area contributed by atoms with Crippen molar-refractivity contribution in [2.45, 2.75) is 328 Å². The molecule has 0 rings (SSSR count). The number of unbranched alkanes of at least 4 members (excludes halogenated alkanes) is 35. The largest absolute Gasteiger partial charge is 0.472 e. The molecule has 1 N–H and O–H groups in total. The van der Waals surface area contributed by atoms with Crippen LogP contribution in [-0.4, -0.2) is 74.9 Å². The summed E-state index contributed by atoms with van der Waals surface area (Å²) in [6.45, 7) is 4.34. The second kappa shape index (κ2) is 68.0. The Morgan fingerprint density at radius 2 is 0.648 bits per heavy atom. The van der Waals surface area contributed by atoms with Crippen molar-refractivity contribution in [2.24, 2.45) is 0 Å². The molecule has 0 aliphatic rings. The number of ether oxygens (including phenoxy) is 2. The SMILES string of the molecule is CC/C=C\C/C=C\C/C=C\C/C=C\C/C=C\C/C=C\C/C=C\CCCCCCCCCCCCCCCCCC(=O)OC(COC(=O)CCCCCCCCCCCCCCCCC/C=C\C/C=C\CCCCCCC)COP(=O)(O)OCC[N+](C)(C)C. The number of quaternary nitrogens is 1. The zero-order valence-electron chi connectivity index (χ0n) is 57.9. The fraction of sp³-hybridized carbons (Fsp3) is 0.744. The van der Waals surface area contributed by atoms with Crippen LogP contribution < -0.4 is 0 Å². The number of rotatable bonds is 67. The summed E-state index contributed by atoms with van der Waals surface area (Å²) in [5.74, 6) is -0.789. The molecule has 0 spiro atoms. The zero-order valence-corrected chi connectivity index (χ0v) is 58.8. The van der Waals surface area contributed by atoms with Gasteiger partial charge in [-0.3, -0.25) is 18.6 Å². The summed E-state index contributed by atoms with van der Waals surface area (Å²) < 4.78 is 34.8. The molecule has 88 heavy (non-hydrogen) atoms. The summed E-state index contributed by atoms with van der Waals surface area (Å²) in [6.07, 6.45) is 96.3.